The van der Waals surface area contributed by atoms with Crippen LogP contribution in [0.3, 0.4) is 0 Å². The van der Waals surface area contributed by atoms with Crippen molar-refractivity contribution in [1.29, 1.82) is 0 Å². The summed E-state index contributed by atoms with van der Waals surface area (Å²) in [6.45, 7) is 0. The van der Waals surface area contributed by atoms with Crippen LogP contribution < -0.4 is 4.74 Å². The first-order valence-electron chi connectivity index (χ1n) is 6.12. The van der Waals surface area contributed by atoms with Crippen molar-refractivity contribution in [2.24, 2.45) is 0 Å². The van der Waals surface area contributed by atoms with Gasteiger partial charge in [0.25, 0.3) is 0 Å². The van der Waals surface area contributed by atoms with Crippen LogP contribution in [0.2, 0.25) is 0 Å². The quantitative estimate of drug-likeness (QED) is 0.710. The molecule has 0 N–H and O–H groups in total. The van der Waals surface area contributed by atoms with Crippen molar-refractivity contribution in [1.82, 2.24) is 9.78 Å². The molecule has 0 saturated carbocycles. The summed E-state index contributed by atoms with van der Waals surface area (Å²) in [5.41, 5.74) is 3.18. The van der Waals surface area contributed by atoms with Gasteiger partial charge >= 0.3 is 0 Å². The highest BCUT2D eigenvalue weighted by atomic mass is 16.5. The zero-order valence-corrected chi connectivity index (χ0v) is 10.7. The maximum absolute atomic E-state index is 5.35. The maximum atomic E-state index is 5.35. The Balaban J connectivity index is 2.02. The van der Waals surface area contributed by atoms with Crippen molar-refractivity contribution in [2.45, 2.75) is 0 Å². The third kappa shape index (κ3) is 2.22. The Hall–Kier alpha value is -2.55. The van der Waals surface area contributed by atoms with Gasteiger partial charge in [-0.1, -0.05) is 42.5 Å². The first kappa shape index (κ1) is 11.5. The average molecular weight is 250 g/mol. The molecular weight excluding hydrogens is 236 g/mol. The Morgan fingerprint density at radius 2 is 1.63 bits per heavy atom. The molecule has 0 bridgehead atoms. The third-order valence-electron chi connectivity index (χ3n) is 3.02. The number of benzene rings is 2. The molecule has 0 aliphatic rings. The van der Waals surface area contributed by atoms with Crippen LogP contribution in [0.4, 0.5) is 0 Å². The van der Waals surface area contributed by atoms with Crippen LogP contribution in [0.1, 0.15) is 0 Å². The Labute approximate surface area is 112 Å². The molecule has 3 rings (SSSR count). The summed E-state index contributed by atoms with van der Waals surface area (Å²) >= 11 is 0. The van der Waals surface area contributed by atoms with Gasteiger partial charge < -0.3 is 4.74 Å². The fourth-order valence-electron chi connectivity index (χ4n) is 2.05. The summed E-state index contributed by atoms with van der Waals surface area (Å²) in [4.78, 5) is 0. The van der Waals surface area contributed by atoms with Crippen LogP contribution in [0, 0.1) is 0 Å². The highest BCUT2D eigenvalue weighted by Crippen LogP contribution is 2.24. The van der Waals surface area contributed by atoms with Gasteiger partial charge in [0, 0.05) is 11.8 Å². The minimum atomic E-state index is 0.810. The molecule has 2 aromatic carbocycles. The second-order valence-electron chi connectivity index (χ2n) is 4.21. The minimum Gasteiger partial charge on any atom is -0.494 e. The fraction of sp³-hybridized carbons (Fsp3) is 0.0625. The molecule has 1 heterocycles. The van der Waals surface area contributed by atoms with Crippen molar-refractivity contribution in [3.8, 4) is 22.6 Å². The Morgan fingerprint density at radius 3 is 2.42 bits per heavy atom. The molecular formula is C16H14N2O. The molecule has 0 unspecified atom stereocenters. The Bertz CT molecular complexity index is 674. The average Bonchev–Trinajstić information content (AvgIpc) is 2.98. The van der Waals surface area contributed by atoms with Gasteiger partial charge in [-0.25, -0.2) is 4.68 Å². The number of aromatic nitrogens is 2. The van der Waals surface area contributed by atoms with Crippen LogP contribution >= 0.6 is 0 Å². The molecule has 0 atom stereocenters. The highest BCUT2D eigenvalue weighted by molar-refractivity contribution is 5.62. The molecule has 94 valence electrons. The lowest BCUT2D eigenvalue weighted by Crippen LogP contribution is -1.97. The van der Waals surface area contributed by atoms with Crippen LogP contribution in [0.5, 0.6) is 5.75 Å². The van der Waals surface area contributed by atoms with Gasteiger partial charge in [-0.15, -0.1) is 0 Å². The van der Waals surface area contributed by atoms with E-state index >= 15 is 0 Å². The van der Waals surface area contributed by atoms with Gasteiger partial charge in [-0.2, -0.15) is 5.10 Å². The smallest absolute Gasteiger partial charge is 0.144 e. The van der Waals surface area contributed by atoms with Crippen molar-refractivity contribution in [3.63, 3.8) is 0 Å². The molecule has 3 heteroatoms. The topological polar surface area (TPSA) is 27.1 Å². The van der Waals surface area contributed by atoms with Crippen LogP contribution in [0.15, 0.2) is 67.0 Å². The molecule has 0 saturated heterocycles. The van der Waals surface area contributed by atoms with Crippen molar-refractivity contribution < 1.29 is 4.74 Å². The van der Waals surface area contributed by atoms with E-state index < -0.39 is 0 Å². The molecule has 3 aromatic rings. The lowest BCUT2D eigenvalue weighted by molar-refractivity contribution is 0.411. The van der Waals surface area contributed by atoms with E-state index in [1.165, 1.54) is 0 Å². The largest absolute Gasteiger partial charge is 0.494 e. The van der Waals surface area contributed by atoms with E-state index in [2.05, 4.69) is 17.2 Å². The lowest BCUT2D eigenvalue weighted by Gasteiger charge is -2.07. The number of nitrogens with zero attached hydrogens (tertiary/aromatic N) is 2. The van der Waals surface area contributed by atoms with Crippen molar-refractivity contribution in [2.75, 3.05) is 7.11 Å². The number of ether oxygens (including phenoxy) is 1. The van der Waals surface area contributed by atoms with Crippen LogP contribution in [-0.2, 0) is 0 Å². The number of para-hydroxylation sites is 2. The van der Waals surface area contributed by atoms with Gasteiger partial charge in [0.1, 0.15) is 11.4 Å². The predicted molar refractivity (Wildman–Crippen MR) is 75.6 cm³/mol. The molecule has 0 fully saturated rings. The van der Waals surface area contributed by atoms with E-state index in [-0.39, 0.29) is 0 Å². The van der Waals surface area contributed by atoms with Crippen LogP contribution in [-0.4, -0.2) is 16.9 Å². The maximum Gasteiger partial charge on any atom is 0.144 e. The summed E-state index contributed by atoms with van der Waals surface area (Å²) in [6.07, 6.45) is 3.87. The van der Waals surface area contributed by atoms with E-state index in [1.54, 1.807) is 7.11 Å². The predicted octanol–water partition coefficient (Wildman–Crippen LogP) is 3.55. The highest BCUT2D eigenvalue weighted by Gasteiger charge is 2.07. The van der Waals surface area contributed by atoms with Crippen molar-refractivity contribution >= 4 is 0 Å². The summed E-state index contributed by atoms with van der Waals surface area (Å²) in [5.74, 6) is 0.810. The fourth-order valence-corrected chi connectivity index (χ4v) is 2.05. The van der Waals surface area contributed by atoms with E-state index in [9.17, 15) is 0 Å². The molecule has 19 heavy (non-hydrogen) atoms. The number of methoxy groups -OCH3 is 1. The summed E-state index contributed by atoms with van der Waals surface area (Å²) in [6, 6.07) is 18.0. The summed E-state index contributed by atoms with van der Waals surface area (Å²) in [7, 11) is 1.67. The van der Waals surface area contributed by atoms with E-state index in [0.29, 0.717) is 0 Å². The summed E-state index contributed by atoms with van der Waals surface area (Å²) < 4.78 is 7.19. The Kier molecular flexibility index (Phi) is 3.02. The number of rotatable bonds is 3. The van der Waals surface area contributed by atoms with Crippen LogP contribution in [0.25, 0.3) is 16.8 Å². The van der Waals surface area contributed by atoms with E-state index in [1.807, 2.05) is 59.5 Å². The van der Waals surface area contributed by atoms with Gasteiger partial charge in [0.05, 0.1) is 13.3 Å². The normalized spacial score (nSPS) is 10.4. The van der Waals surface area contributed by atoms with Gasteiger partial charge in [-0.05, 0) is 17.7 Å². The molecule has 3 nitrogen and oxygen atoms in total. The van der Waals surface area contributed by atoms with Crippen molar-refractivity contribution in [3.05, 3.63) is 67.0 Å². The zero-order valence-electron chi connectivity index (χ0n) is 10.7. The zero-order chi connectivity index (χ0) is 13.1. The van der Waals surface area contributed by atoms with Gasteiger partial charge in [-0.3, -0.25) is 0 Å². The second kappa shape index (κ2) is 4.98. The molecule has 0 spiro atoms. The summed E-state index contributed by atoms with van der Waals surface area (Å²) in [5, 5.41) is 4.41. The third-order valence-corrected chi connectivity index (χ3v) is 3.02. The molecule has 0 amide bonds. The molecule has 1 aromatic heterocycles. The molecule has 0 radical (unpaired) electrons. The van der Waals surface area contributed by atoms with Gasteiger partial charge in [0.15, 0.2) is 0 Å². The SMILES string of the molecule is COc1ccccc1-n1cc(-c2ccccc2)cn1. The van der Waals surface area contributed by atoms with E-state index in [4.69, 9.17) is 4.74 Å². The minimum absolute atomic E-state index is 0.810. The standard InChI is InChI=1S/C16H14N2O/c1-19-16-10-6-5-9-15(16)18-12-14(11-17-18)13-7-3-2-4-8-13/h2-12H,1H3. The lowest BCUT2D eigenvalue weighted by atomic mass is 10.1. The molecule has 0 aliphatic carbocycles. The number of hydrogen-bond donors (Lipinski definition) is 0. The monoisotopic (exact) mass is 250 g/mol. The first-order valence-corrected chi connectivity index (χ1v) is 6.12. The van der Waals surface area contributed by atoms with Gasteiger partial charge in [0.2, 0.25) is 0 Å². The second-order valence-corrected chi connectivity index (χ2v) is 4.21. The Morgan fingerprint density at radius 1 is 0.895 bits per heavy atom. The van der Waals surface area contributed by atoms with E-state index in [0.717, 1.165) is 22.6 Å². The number of hydrogen-bond acceptors (Lipinski definition) is 2. The first-order chi connectivity index (χ1) is 9.38. The molecule has 0 aliphatic heterocycles.